The van der Waals surface area contributed by atoms with Crippen LogP contribution in [0.3, 0.4) is 0 Å². The highest BCUT2D eigenvalue weighted by atomic mass is 35.5. The van der Waals surface area contributed by atoms with Gasteiger partial charge in [-0.3, -0.25) is 9.59 Å². The van der Waals surface area contributed by atoms with E-state index < -0.39 is 5.25 Å². The maximum atomic E-state index is 12.7. The smallest absolute Gasteiger partial charge is 0.247 e. The van der Waals surface area contributed by atoms with Crippen molar-refractivity contribution in [2.75, 3.05) is 23.9 Å². The Bertz CT molecular complexity index is 1100. The number of carbonyl (C=O) groups is 2. The third-order valence-corrected chi connectivity index (χ3v) is 5.88. The first-order valence-electron chi connectivity index (χ1n) is 9.87. The zero-order valence-electron chi connectivity index (χ0n) is 18.0. The molecule has 2 aromatic carbocycles. The maximum absolute atomic E-state index is 12.7. The van der Waals surface area contributed by atoms with Gasteiger partial charge in [0.2, 0.25) is 11.8 Å². The van der Waals surface area contributed by atoms with Crippen molar-refractivity contribution in [3.63, 3.8) is 0 Å². The van der Waals surface area contributed by atoms with E-state index in [1.165, 1.54) is 0 Å². The summed E-state index contributed by atoms with van der Waals surface area (Å²) in [7, 11) is 3.98. The largest absolute Gasteiger partial charge is 0.378 e. The van der Waals surface area contributed by atoms with Gasteiger partial charge in [0.05, 0.1) is 11.4 Å². The minimum absolute atomic E-state index is 0.0395. The van der Waals surface area contributed by atoms with Gasteiger partial charge in [-0.2, -0.15) is 5.10 Å². The zero-order chi connectivity index (χ0) is 23.3. The van der Waals surface area contributed by atoms with Crippen molar-refractivity contribution >= 4 is 63.5 Å². The second-order valence-corrected chi connectivity index (χ2v) is 9.02. The minimum atomic E-state index is -0.647. The van der Waals surface area contributed by atoms with Crippen molar-refractivity contribution in [3.05, 3.63) is 65.2 Å². The average Bonchev–Trinajstić information content (AvgIpc) is 3.03. The van der Waals surface area contributed by atoms with Gasteiger partial charge < -0.3 is 10.6 Å². The SMILES string of the molecule is CC(/C=C/c1ccc(N(C)C)cc1)=N/N=C(N)S[C@H]1CC(=O)N(c2cccc(Cl)c2)C1=O. The molecule has 0 bridgehead atoms. The molecule has 1 saturated heterocycles. The Morgan fingerprint density at radius 3 is 2.56 bits per heavy atom. The Labute approximate surface area is 196 Å². The topological polar surface area (TPSA) is 91.4 Å². The standard InChI is InChI=1S/C23H24ClN5O2S/c1-15(7-8-16-9-11-18(12-10-16)28(2)3)26-27-23(25)32-20-14-21(30)29(22(20)31)19-6-4-5-17(24)13-19/h4-13,20H,14H2,1-3H3,(H2,25,27)/b8-7+,26-15-/t20-/m0/s1. The summed E-state index contributed by atoms with van der Waals surface area (Å²) >= 11 is 7.01. The summed E-state index contributed by atoms with van der Waals surface area (Å²) in [5, 5.41) is 8.01. The highest BCUT2D eigenvalue weighted by Crippen LogP contribution is 2.30. The summed E-state index contributed by atoms with van der Waals surface area (Å²) in [6.07, 6.45) is 3.80. The molecule has 0 spiro atoms. The number of nitrogens with two attached hydrogens (primary N) is 1. The first-order chi connectivity index (χ1) is 15.2. The molecule has 0 saturated carbocycles. The number of nitrogens with zero attached hydrogens (tertiary/aromatic N) is 4. The van der Waals surface area contributed by atoms with Crippen molar-refractivity contribution in [2.24, 2.45) is 15.9 Å². The van der Waals surface area contributed by atoms with Gasteiger partial charge >= 0.3 is 0 Å². The van der Waals surface area contributed by atoms with Crippen LogP contribution in [0.15, 0.2) is 64.8 Å². The molecule has 7 nitrogen and oxygen atoms in total. The van der Waals surface area contributed by atoms with E-state index in [0.717, 1.165) is 27.9 Å². The van der Waals surface area contributed by atoms with Crippen molar-refractivity contribution in [1.29, 1.82) is 0 Å². The molecule has 0 aliphatic carbocycles. The van der Waals surface area contributed by atoms with E-state index in [9.17, 15) is 9.59 Å². The van der Waals surface area contributed by atoms with Crippen molar-refractivity contribution < 1.29 is 9.59 Å². The lowest BCUT2D eigenvalue weighted by molar-refractivity contribution is -0.121. The summed E-state index contributed by atoms with van der Waals surface area (Å²) in [5.41, 5.74) is 9.20. The predicted molar refractivity (Wildman–Crippen MR) is 134 cm³/mol. The van der Waals surface area contributed by atoms with Crippen molar-refractivity contribution in [2.45, 2.75) is 18.6 Å². The van der Waals surface area contributed by atoms with Gasteiger partial charge in [-0.15, -0.1) is 5.10 Å². The molecule has 0 aromatic heterocycles. The number of amidine groups is 1. The lowest BCUT2D eigenvalue weighted by Gasteiger charge is -2.14. The van der Waals surface area contributed by atoms with Crippen molar-refractivity contribution in [3.8, 4) is 0 Å². The third kappa shape index (κ3) is 5.99. The van der Waals surface area contributed by atoms with Crippen LogP contribution in [0.25, 0.3) is 6.08 Å². The van der Waals surface area contributed by atoms with Gasteiger partial charge in [0.1, 0.15) is 5.25 Å². The molecule has 2 aromatic rings. The molecule has 1 fully saturated rings. The Morgan fingerprint density at radius 2 is 1.91 bits per heavy atom. The van der Waals surface area contributed by atoms with Crippen molar-refractivity contribution in [1.82, 2.24) is 0 Å². The Hall–Kier alpha value is -3.10. The molecule has 0 radical (unpaired) electrons. The lowest BCUT2D eigenvalue weighted by Crippen LogP contribution is -2.31. The fraction of sp³-hybridized carbons (Fsp3) is 0.217. The van der Waals surface area contributed by atoms with Crippen LogP contribution in [0, 0.1) is 0 Å². The number of anilines is 2. The highest BCUT2D eigenvalue weighted by molar-refractivity contribution is 8.14. The van der Waals surface area contributed by atoms with Gasteiger partial charge in [0, 0.05) is 31.2 Å². The number of amides is 2. The van der Waals surface area contributed by atoms with Crippen LogP contribution in [-0.2, 0) is 9.59 Å². The number of hydrogen-bond donors (Lipinski definition) is 1. The van der Waals surface area contributed by atoms with Crippen LogP contribution in [0.5, 0.6) is 0 Å². The number of benzene rings is 2. The molecule has 1 atom stereocenters. The van der Waals surface area contributed by atoms with Gasteiger partial charge in [0.25, 0.3) is 0 Å². The summed E-state index contributed by atoms with van der Waals surface area (Å²) in [4.78, 5) is 28.2. The molecule has 2 amide bonds. The number of rotatable bonds is 6. The van der Waals surface area contributed by atoms with Crippen LogP contribution < -0.4 is 15.5 Å². The minimum Gasteiger partial charge on any atom is -0.378 e. The van der Waals surface area contributed by atoms with E-state index in [-0.39, 0.29) is 23.4 Å². The van der Waals surface area contributed by atoms with E-state index in [1.807, 2.05) is 55.4 Å². The number of halogens is 1. The van der Waals surface area contributed by atoms with E-state index in [2.05, 4.69) is 10.2 Å². The molecular formula is C23H24ClN5O2S. The van der Waals surface area contributed by atoms with E-state index in [1.54, 1.807) is 31.2 Å². The van der Waals surface area contributed by atoms with Crippen LogP contribution in [0.2, 0.25) is 5.02 Å². The number of allylic oxidation sites excluding steroid dienone is 1. The van der Waals surface area contributed by atoms with Gasteiger partial charge in [-0.1, -0.05) is 47.6 Å². The van der Waals surface area contributed by atoms with Crippen LogP contribution in [-0.4, -0.2) is 42.0 Å². The Kier molecular flexibility index (Phi) is 7.71. The highest BCUT2D eigenvalue weighted by Gasteiger charge is 2.40. The predicted octanol–water partition coefficient (Wildman–Crippen LogP) is 4.18. The molecule has 1 aliphatic rings. The monoisotopic (exact) mass is 469 g/mol. The first kappa shape index (κ1) is 23.6. The molecule has 2 N–H and O–H groups in total. The zero-order valence-corrected chi connectivity index (χ0v) is 19.6. The summed E-state index contributed by atoms with van der Waals surface area (Å²) in [6, 6.07) is 14.7. The number of hydrogen-bond acceptors (Lipinski definition) is 6. The number of imide groups is 1. The molecule has 32 heavy (non-hydrogen) atoms. The van der Waals surface area contributed by atoms with Crippen LogP contribution in [0.4, 0.5) is 11.4 Å². The second kappa shape index (κ2) is 10.5. The fourth-order valence-electron chi connectivity index (χ4n) is 3.01. The average molecular weight is 470 g/mol. The molecule has 166 valence electrons. The van der Waals surface area contributed by atoms with E-state index >= 15 is 0 Å². The first-order valence-corrected chi connectivity index (χ1v) is 11.1. The van der Waals surface area contributed by atoms with Crippen LogP contribution >= 0.6 is 23.4 Å². The summed E-state index contributed by atoms with van der Waals surface area (Å²) in [6.45, 7) is 1.80. The molecule has 3 rings (SSSR count). The number of thioether (sulfide) groups is 1. The Balaban J connectivity index is 1.61. The summed E-state index contributed by atoms with van der Waals surface area (Å²) in [5.74, 6) is -0.646. The van der Waals surface area contributed by atoms with E-state index in [4.69, 9.17) is 17.3 Å². The molecule has 1 heterocycles. The molecular weight excluding hydrogens is 446 g/mol. The fourth-order valence-corrected chi connectivity index (χ4v) is 4.01. The number of carbonyl (C=O) groups excluding carboxylic acids is 2. The van der Waals surface area contributed by atoms with Gasteiger partial charge in [-0.05, 0) is 48.9 Å². The molecule has 9 heteroatoms. The van der Waals surface area contributed by atoms with Gasteiger partial charge in [0.15, 0.2) is 5.17 Å². The second-order valence-electron chi connectivity index (χ2n) is 7.36. The van der Waals surface area contributed by atoms with E-state index in [0.29, 0.717) is 16.4 Å². The lowest BCUT2D eigenvalue weighted by atomic mass is 10.2. The maximum Gasteiger partial charge on any atom is 0.247 e. The quantitative estimate of drug-likeness (QED) is 0.296. The summed E-state index contributed by atoms with van der Waals surface area (Å²) < 4.78 is 0. The van der Waals surface area contributed by atoms with Gasteiger partial charge in [-0.25, -0.2) is 4.90 Å². The third-order valence-electron chi connectivity index (χ3n) is 4.67. The normalized spacial score (nSPS) is 17.5. The molecule has 1 aliphatic heterocycles. The van der Waals surface area contributed by atoms with Crippen LogP contribution in [0.1, 0.15) is 18.9 Å². The molecule has 0 unspecified atom stereocenters. The Morgan fingerprint density at radius 1 is 1.19 bits per heavy atom.